The van der Waals surface area contributed by atoms with Gasteiger partial charge >= 0.3 is 12.1 Å². The van der Waals surface area contributed by atoms with Crippen molar-refractivity contribution in [3.05, 3.63) is 188 Å². The topological polar surface area (TPSA) is 351 Å². The first-order valence-corrected chi connectivity index (χ1v) is 38.3. The third-order valence-electron chi connectivity index (χ3n) is 20.7. The number of aromatic nitrogens is 8. The molecule has 9 aromatic rings. The van der Waals surface area contributed by atoms with E-state index in [1.807, 2.05) is 111 Å². The molecule has 0 radical (unpaired) electrons. The van der Waals surface area contributed by atoms with E-state index in [-0.39, 0.29) is 101 Å². The van der Waals surface area contributed by atoms with Gasteiger partial charge in [0.05, 0.1) is 92.0 Å². The number of H-pyrrole nitrogens is 4. The molecule has 13 rings (SSSR count). The van der Waals surface area contributed by atoms with E-state index in [1.54, 1.807) is 13.8 Å². The van der Waals surface area contributed by atoms with E-state index < -0.39 is 36.2 Å². The van der Waals surface area contributed by atoms with Crippen LogP contribution in [0, 0.1) is 31.1 Å². The van der Waals surface area contributed by atoms with Gasteiger partial charge in [-0.3, -0.25) is 14.4 Å². The van der Waals surface area contributed by atoms with Gasteiger partial charge in [0, 0.05) is 40.1 Å². The van der Waals surface area contributed by atoms with E-state index in [0.29, 0.717) is 25.7 Å². The molecule has 4 fully saturated rings. The Bertz CT molecular complexity index is 4560. The molecule has 0 spiro atoms. The number of hydrogen-bond acceptors (Lipinski definition) is 18. The van der Waals surface area contributed by atoms with Crippen molar-refractivity contribution in [3.8, 4) is 67.3 Å². The third-order valence-corrected chi connectivity index (χ3v) is 20.7. The maximum atomic E-state index is 13.5. The van der Waals surface area contributed by atoms with Crippen LogP contribution in [0.15, 0.2) is 162 Å². The summed E-state index contributed by atoms with van der Waals surface area (Å²) in [5, 5.41) is 14.7. The number of carboxylic acids is 1. The van der Waals surface area contributed by atoms with Gasteiger partial charge in [0.25, 0.3) is 0 Å². The van der Waals surface area contributed by atoms with E-state index in [4.69, 9.17) is 30.3 Å². The maximum Gasteiger partial charge on any atom is 0.408 e. The largest absolute Gasteiger partial charge is 0.480 e. The van der Waals surface area contributed by atoms with Crippen molar-refractivity contribution in [1.29, 1.82) is 0 Å². The quantitative estimate of drug-likeness (QED) is 0.00592. The molecule has 4 amide bonds. The van der Waals surface area contributed by atoms with Gasteiger partial charge in [-0.25, -0.2) is 39.5 Å². The number of aliphatic imine (C=N–C) groups is 2. The van der Waals surface area contributed by atoms with Gasteiger partial charge in [-0.15, -0.1) is 0 Å². The van der Waals surface area contributed by atoms with Crippen LogP contribution < -0.4 is 16.4 Å². The van der Waals surface area contributed by atoms with Crippen molar-refractivity contribution >= 4 is 42.6 Å². The molecule has 0 saturated carbocycles. The molecule has 28 heteroatoms. The Balaban J connectivity index is 0.000000232. The molecule has 9 N–H and O–H groups in total. The molecular formula is C86H111N16O11Pd-. The first-order chi connectivity index (χ1) is 53.7. The SMILES string of the molecule is C.CC(C)[C@H](NC(=O)OCc1ccccc1)C(=O)O.COOC=N[C@H](C(=O)N1CCC[C@H]1c1ncc(-c2ccc(-c3ccc(-c4cnc([C@@H]5CCCN5)[nH]4)cc3)cc2)[nH]1)C(C)C.COOC=N[C@H](C(=O)N1CCC[C@H]1c1ncc(-c2ccc(-c3ccc(-c4cnc([C@@H]5CCCN5C(=O)[C@@H](N)C(C)C)[nH]4)cc3)cc2)[nH]1)C(C)C.[CH3-].[Pd]. The van der Waals surface area contributed by atoms with Gasteiger partial charge in [0.1, 0.15) is 48.0 Å². The monoisotopic (exact) mass is 1650 g/mol. The fraction of sp³-hybridized carbons (Fsp3) is 0.419. The number of imidazole rings is 4. The zero-order valence-electron chi connectivity index (χ0n) is 66.2. The Kier molecular flexibility index (Phi) is 33.3. The Morgan fingerprint density at radius 3 is 1.18 bits per heavy atom. The van der Waals surface area contributed by atoms with Crippen LogP contribution in [0.4, 0.5) is 4.79 Å². The average Bonchev–Trinajstić information content (AvgIpc) is 1.63. The minimum atomic E-state index is -1.07. The predicted octanol–water partition coefficient (Wildman–Crippen LogP) is 15.0. The summed E-state index contributed by atoms with van der Waals surface area (Å²) in [5.41, 5.74) is 19.5. The summed E-state index contributed by atoms with van der Waals surface area (Å²) in [5.74, 6) is 2.15. The van der Waals surface area contributed by atoms with Crippen molar-refractivity contribution in [2.45, 2.75) is 169 Å². The average molecular weight is 1650 g/mol. The summed E-state index contributed by atoms with van der Waals surface area (Å²) < 4.78 is 4.95. The van der Waals surface area contributed by atoms with Crippen LogP contribution >= 0.6 is 0 Å². The zero-order chi connectivity index (χ0) is 78.7. The molecule has 4 aliphatic heterocycles. The number of nitrogens with two attached hydrogens (primary N) is 1. The van der Waals surface area contributed by atoms with Crippen LogP contribution in [0.3, 0.4) is 0 Å². The molecule has 0 aliphatic carbocycles. The molecule has 27 nitrogen and oxygen atoms in total. The first kappa shape index (κ1) is 89.1. The molecule has 4 saturated heterocycles. The molecule has 0 bridgehead atoms. The van der Waals surface area contributed by atoms with Crippen LogP contribution in [-0.2, 0) is 70.5 Å². The summed E-state index contributed by atoms with van der Waals surface area (Å²) in [6.07, 6.45) is 16.8. The number of alkyl carbamates (subject to hydrolysis) is 1. The number of aromatic amines is 4. The standard InChI is InChI=1S/C38H48N8O4.C33H39N7O3.C13H17NO4.CH4.CH3.Pd/c1-23(2)33(39)37(47)45-18-6-8-31(45)35-40-20-29(43-35)27-14-10-25(11-15-27)26-12-16-28(17-13-26)30-21-41-36(44-30)32-9-7-19-46(32)38(48)34(24(3)4)42-22-50-49-5;1-21(2)30(37-20-43-42-3)33(41)40-17-5-7-29(40)32-36-19-28(39-32)25-14-10-23(11-15-25)22-8-12-24(13-9-22)27-18-35-31(38-27)26-6-4-16-34-26;1-9(2)11(12(15)16)14-13(17)18-8-10-6-4-3-5-7-10;;;/h10-17,20-24,31-34H,6-9,18-19,39H2,1-5H3,(H,40,43)(H,41,44);8-15,18-21,26,29-30,34H,4-7,16-17H2,1-3H3,(H,35,38)(H,36,39);3-7,9,11H,8H2,1-2H3,(H,14,17)(H,15,16);1H4;1H3;/q;;;;-1;/t31-,32-,33-,34-;26-,29-,30-;11-;;;/m000.../s1. The second-order valence-electron chi connectivity index (χ2n) is 29.7. The van der Waals surface area contributed by atoms with Crippen LogP contribution in [0.5, 0.6) is 0 Å². The van der Waals surface area contributed by atoms with Gasteiger partial charge in [0.2, 0.25) is 30.5 Å². The molecular weight excluding hydrogens is 1540 g/mol. The predicted molar refractivity (Wildman–Crippen MR) is 438 cm³/mol. The molecule has 114 heavy (non-hydrogen) atoms. The smallest absolute Gasteiger partial charge is 0.408 e. The van der Waals surface area contributed by atoms with E-state index in [9.17, 15) is 24.0 Å². The van der Waals surface area contributed by atoms with Gasteiger partial charge < -0.3 is 78.0 Å². The molecule has 4 aromatic heterocycles. The van der Waals surface area contributed by atoms with Gasteiger partial charge in [-0.1, -0.05) is 190 Å². The van der Waals surface area contributed by atoms with Crippen molar-refractivity contribution in [1.82, 2.24) is 65.2 Å². The maximum absolute atomic E-state index is 13.5. The normalized spacial score (nSPS) is 17.7. The van der Waals surface area contributed by atoms with Crippen molar-refractivity contribution in [3.63, 3.8) is 0 Å². The molecule has 8 heterocycles. The molecule has 0 unspecified atom stereocenters. The third kappa shape index (κ3) is 22.5. The van der Waals surface area contributed by atoms with Crippen LogP contribution in [0.1, 0.15) is 167 Å². The summed E-state index contributed by atoms with van der Waals surface area (Å²) >= 11 is 0. The van der Waals surface area contributed by atoms with E-state index in [2.05, 4.69) is 162 Å². The number of hydrogen-bond donors (Lipinski definition) is 8. The van der Waals surface area contributed by atoms with Crippen LogP contribution in [0.25, 0.3) is 67.3 Å². The second kappa shape index (κ2) is 42.6. The Labute approximate surface area is 682 Å². The minimum Gasteiger partial charge on any atom is -0.480 e. The number of carbonyl (C=O) groups excluding carboxylic acids is 4. The number of amides is 4. The van der Waals surface area contributed by atoms with E-state index in [0.717, 1.165) is 148 Å². The number of benzene rings is 5. The molecule has 8 atom stereocenters. The summed E-state index contributed by atoms with van der Waals surface area (Å²) in [4.78, 5) is 128. The number of nitrogens with one attached hydrogen (secondary N) is 6. The van der Waals surface area contributed by atoms with Crippen LogP contribution in [-0.4, -0.2) is 167 Å². The van der Waals surface area contributed by atoms with Crippen molar-refractivity contribution in [2.24, 2.45) is 39.4 Å². The second-order valence-corrected chi connectivity index (χ2v) is 29.7. The fourth-order valence-corrected chi connectivity index (χ4v) is 14.4. The van der Waals surface area contributed by atoms with E-state index in [1.165, 1.54) is 33.4 Å². The number of nitrogens with zero attached hydrogens (tertiary/aromatic N) is 9. The summed E-state index contributed by atoms with van der Waals surface area (Å²) in [6, 6.07) is 40.4. The molecule has 612 valence electrons. The number of carboxylic acid groups (broad SMARTS) is 1. The number of rotatable bonds is 27. The summed E-state index contributed by atoms with van der Waals surface area (Å²) in [7, 11) is 2.80. The van der Waals surface area contributed by atoms with Gasteiger partial charge in [-0.05, 0) is 132 Å². The van der Waals surface area contributed by atoms with E-state index >= 15 is 0 Å². The zero-order valence-corrected chi connectivity index (χ0v) is 67.7. The Hall–Kier alpha value is -10.5. The first-order valence-electron chi connectivity index (χ1n) is 38.3. The minimum absolute atomic E-state index is 0. The van der Waals surface area contributed by atoms with Crippen molar-refractivity contribution in [2.75, 3.05) is 40.4 Å². The Morgan fingerprint density at radius 1 is 0.500 bits per heavy atom. The fourth-order valence-electron chi connectivity index (χ4n) is 14.4. The van der Waals surface area contributed by atoms with Crippen molar-refractivity contribution < 1.29 is 73.8 Å². The van der Waals surface area contributed by atoms with Crippen LogP contribution in [0.2, 0.25) is 0 Å². The number of carbonyl (C=O) groups is 5. The molecule has 4 aliphatic rings. The van der Waals surface area contributed by atoms with Gasteiger partial charge in [0.15, 0.2) is 0 Å². The molecule has 5 aromatic carbocycles. The number of aliphatic carboxylic acids is 1. The van der Waals surface area contributed by atoms with Gasteiger partial charge in [-0.2, -0.15) is 9.78 Å². The number of likely N-dealkylation sites (tertiary alicyclic amines) is 3. The number of ether oxygens (including phenoxy) is 1. The Morgan fingerprint density at radius 2 is 0.851 bits per heavy atom. The summed E-state index contributed by atoms with van der Waals surface area (Å²) in [6.45, 7) is 18.5.